The minimum atomic E-state index is -0.681. The first-order chi connectivity index (χ1) is 17.8. The minimum Gasteiger partial charge on any atom is -0.481 e. The first-order valence-corrected chi connectivity index (χ1v) is 16.3. The maximum absolute atomic E-state index is 12.9. The van der Waals surface area contributed by atoms with E-state index in [4.69, 9.17) is 5.11 Å². The fourth-order valence-electron chi connectivity index (χ4n) is 6.25. The molecule has 0 heterocycles. The Balaban J connectivity index is 4.69. The Hall–Kier alpha value is -1.06. The van der Waals surface area contributed by atoms with Gasteiger partial charge in [0.2, 0.25) is 0 Å². The summed E-state index contributed by atoms with van der Waals surface area (Å²) in [5.74, 6) is -0.754. The van der Waals surface area contributed by atoms with Crippen LogP contribution in [0.15, 0.2) is 0 Å². The zero-order chi connectivity index (χ0) is 27.8. The van der Waals surface area contributed by atoms with Gasteiger partial charge in [-0.2, -0.15) is 0 Å². The van der Waals surface area contributed by atoms with Crippen molar-refractivity contribution in [1.82, 2.24) is 0 Å². The molecule has 2 unspecified atom stereocenters. The van der Waals surface area contributed by atoms with E-state index in [0.29, 0.717) is 12.3 Å². The lowest BCUT2D eigenvalue weighted by atomic mass is 9.62. The molecular formula is C33H64O4. The molecule has 2 N–H and O–H groups in total. The highest BCUT2D eigenvalue weighted by Crippen LogP contribution is 2.46. The predicted molar refractivity (Wildman–Crippen MR) is 158 cm³/mol. The first-order valence-electron chi connectivity index (χ1n) is 16.3. The second kappa shape index (κ2) is 24.0. The highest BCUT2D eigenvalue weighted by molar-refractivity contribution is 5.75. The van der Waals surface area contributed by atoms with Crippen LogP contribution in [0.2, 0.25) is 0 Å². The Kier molecular flexibility index (Phi) is 23.3. The van der Waals surface area contributed by atoms with Crippen LogP contribution < -0.4 is 0 Å². The summed E-state index contributed by atoms with van der Waals surface area (Å²) in [4.78, 5) is 23.4. The van der Waals surface area contributed by atoms with Gasteiger partial charge in [-0.1, -0.05) is 150 Å². The van der Waals surface area contributed by atoms with Gasteiger partial charge in [-0.15, -0.1) is 0 Å². The van der Waals surface area contributed by atoms with Crippen molar-refractivity contribution in [3.8, 4) is 0 Å². The van der Waals surface area contributed by atoms with Crippen molar-refractivity contribution in [2.45, 2.75) is 182 Å². The normalized spacial score (nSPS) is 14.1. The van der Waals surface area contributed by atoms with E-state index in [1.807, 2.05) is 0 Å². The molecule has 0 saturated carbocycles. The van der Waals surface area contributed by atoms with Crippen LogP contribution in [0.4, 0.5) is 0 Å². The molecule has 0 radical (unpaired) electrons. The quantitative estimate of drug-likeness (QED) is 0.0998. The molecule has 0 saturated heterocycles. The van der Waals surface area contributed by atoms with Crippen molar-refractivity contribution >= 4 is 11.9 Å². The highest BCUT2D eigenvalue weighted by atomic mass is 16.4. The third-order valence-corrected chi connectivity index (χ3v) is 8.70. The van der Waals surface area contributed by atoms with Gasteiger partial charge in [-0.3, -0.25) is 9.59 Å². The first kappa shape index (κ1) is 35.9. The van der Waals surface area contributed by atoms with Crippen molar-refractivity contribution in [1.29, 1.82) is 0 Å². The van der Waals surface area contributed by atoms with Crippen molar-refractivity contribution in [3.05, 3.63) is 0 Å². The van der Waals surface area contributed by atoms with Crippen LogP contribution in [-0.2, 0) is 9.59 Å². The number of aliphatic carboxylic acids is 2. The van der Waals surface area contributed by atoms with Crippen LogP contribution in [-0.4, -0.2) is 22.2 Å². The topological polar surface area (TPSA) is 74.6 Å². The largest absolute Gasteiger partial charge is 0.481 e. The zero-order valence-corrected chi connectivity index (χ0v) is 25.3. The lowest BCUT2D eigenvalue weighted by Crippen LogP contribution is -2.43. The van der Waals surface area contributed by atoms with Gasteiger partial charge in [0.05, 0.1) is 5.41 Å². The Morgan fingerprint density at radius 3 is 1.32 bits per heavy atom. The second-order valence-corrected chi connectivity index (χ2v) is 12.0. The second-order valence-electron chi connectivity index (χ2n) is 12.0. The van der Waals surface area contributed by atoms with Gasteiger partial charge in [0.25, 0.3) is 0 Å². The standard InChI is InChI=1S/C33H64O4/c1-5-7-9-17-21-25-30(33(29(3)4,32(36)37)28-24-20-10-8-6-2)26-22-18-15-13-11-12-14-16-19-23-27-31(34)35/h29-30H,5-28H2,1-4H3,(H,34,35)(H,36,37). The van der Waals surface area contributed by atoms with Gasteiger partial charge >= 0.3 is 11.9 Å². The molecule has 0 bridgehead atoms. The summed E-state index contributed by atoms with van der Waals surface area (Å²) >= 11 is 0. The predicted octanol–water partition coefficient (Wildman–Crippen LogP) is 10.8. The molecule has 0 aromatic carbocycles. The molecule has 0 amide bonds. The van der Waals surface area contributed by atoms with Gasteiger partial charge in [0.1, 0.15) is 0 Å². The number of unbranched alkanes of at least 4 members (excludes halogenated alkanes) is 17. The molecular weight excluding hydrogens is 460 g/mol. The summed E-state index contributed by atoms with van der Waals surface area (Å²) in [5, 5.41) is 19.3. The average molecular weight is 525 g/mol. The van der Waals surface area contributed by atoms with Crippen molar-refractivity contribution < 1.29 is 19.8 Å². The van der Waals surface area contributed by atoms with Gasteiger partial charge in [0, 0.05) is 6.42 Å². The van der Waals surface area contributed by atoms with E-state index in [1.165, 1.54) is 96.3 Å². The van der Waals surface area contributed by atoms with E-state index >= 15 is 0 Å². The summed E-state index contributed by atoms with van der Waals surface area (Å²) in [6, 6.07) is 0. The number of carboxylic acids is 2. The van der Waals surface area contributed by atoms with E-state index in [0.717, 1.165) is 51.4 Å². The number of rotatable bonds is 28. The van der Waals surface area contributed by atoms with E-state index in [2.05, 4.69) is 27.7 Å². The molecule has 0 aliphatic heterocycles. The van der Waals surface area contributed by atoms with Crippen molar-refractivity contribution in [2.75, 3.05) is 0 Å². The summed E-state index contributed by atoms with van der Waals surface area (Å²) in [5.41, 5.74) is -0.572. The Morgan fingerprint density at radius 1 is 0.568 bits per heavy atom. The molecule has 37 heavy (non-hydrogen) atoms. The smallest absolute Gasteiger partial charge is 0.310 e. The molecule has 4 heteroatoms. The Morgan fingerprint density at radius 2 is 0.946 bits per heavy atom. The SMILES string of the molecule is CCCCCCCC(CCCCCCCCCCCCC(=O)O)C(CCCCCCC)(C(=O)O)C(C)C. The molecule has 0 aromatic heterocycles. The monoisotopic (exact) mass is 524 g/mol. The molecule has 0 rings (SSSR count). The van der Waals surface area contributed by atoms with Gasteiger partial charge in [-0.25, -0.2) is 0 Å². The number of hydrogen-bond donors (Lipinski definition) is 2. The Bertz CT molecular complexity index is 544. The molecule has 220 valence electrons. The lowest BCUT2D eigenvalue weighted by Gasteiger charge is -2.41. The maximum atomic E-state index is 12.9. The number of carboxylic acid groups (broad SMARTS) is 2. The van der Waals surface area contributed by atoms with Crippen LogP contribution in [0.5, 0.6) is 0 Å². The third-order valence-electron chi connectivity index (χ3n) is 8.70. The Labute approximate surface area is 230 Å². The molecule has 0 spiro atoms. The fourth-order valence-corrected chi connectivity index (χ4v) is 6.25. The summed E-state index contributed by atoms with van der Waals surface area (Å²) in [6.07, 6.45) is 27.1. The van der Waals surface area contributed by atoms with Crippen LogP contribution in [0.3, 0.4) is 0 Å². The van der Waals surface area contributed by atoms with Crippen LogP contribution in [0.25, 0.3) is 0 Å². The van der Waals surface area contributed by atoms with Gasteiger partial charge < -0.3 is 10.2 Å². The van der Waals surface area contributed by atoms with E-state index in [9.17, 15) is 14.7 Å². The molecule has 0 aliphatic rings. The summed E-state index contributed by atoms with van der Waals surface area (Å²) < 4.78 is 0. The fraction of sp³-hybridized carbons (Fsp3) is 0.939. The van der Waals surface area contributed by atoms with Gasteiger partial charge in [0.15, 0.2) is 0 Å². The zero-order valence-electron chi connectivity index (χ0n) is 25.3. The van der Waals surface area contributed by atoms with Crippen molar-refractivity contribution in [3.63, 3.8) is 0 Å². The molecule has 0 fully saturated rings. The van der Waals surface area contributed by atoms with Crippen LogP contribution >= 0.6 is 0 Å². The minimum absolute atomic E-state index is 0.173. The number of carbonyl (C=O) groups is 2. The number of hydrogen-bond acceptors (Lipinski definition) is 2. The summed E-state index contributed by atoms with van der Waals surface area (Å²) in [6.45, 7) is 8.80. The average Bonchev–Trinajstić information content (AvgIpc) is 2.85. The maximum Gasteiger partial charge on any atom is 0.310 e. The van der Waals surface area contributed by atoms with E-state index in [-0.39, 0.29) is 5.92 Å². The van der Waals surface area contributed by atoms with Crippen molar-refractivity contribution in [2.24, 2.45) is 17.3 Å². The highest BCUT2D eigenvalue weighted by Gasteiger charge is 2.46. The molecule has 2 atom stereocenters. The molecule has 0 aromatic rings. The van der Waals surface area contributed by atoms with Crippen LogP contribution in [0.1, 0.15) is 182 Å². The van der Waals surface area contributed by atoms with Gasteiger partial charge in [-0.05, 0) is 37.5 Å². The third kappa shape index (κ3) is 17.2. The lowest BCUT2D eigenvalue weighted by molar-refractivity contribution is -0.158. The van der Waals surface area contributed by atoms with Crippen LogP contribution in [0, 0.1) is 17.3 Å². The van der Waals surface area contributed by atoms with E-state index in [1.54, 1.807) is 0 Å². The van der Waals surface area contributed by atoms with E-state index < -0.39 is 17.4 Å². The molecule has 4 nitrogen and oxygen atoms in total. The summed E-state index contributed by atoms with van der Waals surface area (Å²) in [7, 11) is 0. The molecule has 0 aliphatic carbocycles.